The molecule has 0 saturated heterocycles. The van der Waals surface area contributed by atoms with Crippen LogP contribution in [0.5, 0.6) is 0 Å². The molecule has 0 radical (unpaired) electrons. The number of halogens is 1. The molecular weight excluding hydrogens is 330 g/mol. The highest BCUT2D eigenvalue weighted by Gasteiger charge is 2.45. The van der Waals surface area contributed by atoms with E-state index in [1.54, 1.807) is 0 Å². The number of hydrogen-bond acceptors (Lipinski definition) is 2. The van der Waals surface area contributed by atoms with Crippen molar-refractivity contribution >= 4 is 17.3 Å². The molecule has 0 N–H and O–H groups in total. The highest BCUT2D eigenvalue weighted by molar-refractivity contribution is 6.30. The van der Waals surface area contributed by atoms with Crippen LogP contribution in [0.4, 0.5) is 0 Å². The van der Waals surface area contributed by atoms with E-state index in [2.05, 4.69) is 45.1 Å². The number of hydrogen-bond donors (Lipinski definition) is 0. The molecule has 5 rings (SSSR count). The van der Waals surface area contributed by atoms with Gasteiger partial charge in [-0.1, -0.05) is 66.6 Å². The van der Waals surface area contributed by atoms with Gasteiger partial charge in [-0.3, -0.25) is 4.57 Å². The largest absolute Gasteiger partial charge is 0.282 e. The molecule has 0 unspecified atom stereocenters. The average molecular weight is 348 g/mol. The van der Waals surface area contributed by atoms with Crippen molar-refractivity contribution in [3.63, 3.8) is 0 Å². The number of nitrogens with zero attached hydrogens (tertiary/aromatic N) is 3. The number of allylic oxidation sites excluding steroid dienone is 2. The van der Waals surface area contributed by atoms with Gasteiger partial charge in [-0.2, -0.15) is 0 Å². The van der Waals surface area contributed by atoms with Crippen molar-refractivity contribution in [2.24, 2.45) is 0 Å². The Balaban J connectivity index is 1.68. The number of aromatic nitrogens is 3. The first-order valence-corrected chi connectivity index (χ1v) is 9.12. The lowest BCUT2D eigenvalue weighted by molar-refractivity contribution is 0.282. The smallest absolute Gasteiger partial charge is 0.168 e. The fourth-order valence-corrected chi connectivity index (χ4v) is 3.94. The lowest BCUT2D eigenvalue weighted by Crippen LogP contribution is -2.38. The quantitative estimate of drug-likeness (QED) is 0.640. The normalized spacial score (nSPS) is 17.7. The van der Waals surface area contributed by atoms with Crippen LogP contribution >= 0.6 is 11.6 Å². The molecule has 1 aromatic heterocycles. The van der Waals surface area contributed by atoms with E-state index in [1.165, 1.54) is 17.7 Å². The van der Waals surface area contributed by atoms with Crippen molar-refractivity contribution in [3.8, 4) is 11.4 Å². The zero-order chi connectivity index (χ0) is 16.9. The van der Waals surface area contributed by atoms with Gasteiger partial charge in [-0.25, -0.2) is 0 Å². The second-order valence-electron chi connectivity index (χ2n) is 6.89. The first-order valence-electron chi connectivity index (χ1n) is 8.75. The Hall–Kier alpha value is -2.39. The molecular formula is C21H18ClN3. The highest BCUT2D eigenvalue weighted by Crippen LogP contribution is 2.50. The van der Waals surface area contributed by atoms with Crippen molar-refractivity contribution in [1.29, 1.82) is 0 Å². The average Bonchev–Trinajstić information content (AvgIpc) is 3.36. The van der Waals surface area contributed by atoms with Gasteiger partial charge in [0.2, 0.25) is 0 Å². The molecule has 4 heteroatoms. The Morgan fingerprint density at radius 3 is 2.24 bits per heavy atom. The molecule has 0 amide bonds. The maximum atomic E-state index is 6.10. The van der Waals surface area contributed by atoms with Gasteiger partial charge in [0.25, 0.3) is 0 Å². The lowest BCUT2D eigenvalue weighted by Gasteiger charge is -2.41. The molecule has 2 aliphatic carbocycles. The maximum Gasteiger partial charge on any atom is 0.168 e. The molecule has 0 atom stereocenters. The van der Waals surface area contributed by atoms with Crippen molar-refractivity contribution in [1.82, 2.24) is 14.8 Å². The van der Waals surface area contributed by atoms with E-state index >= 15 is 0 Å². The van der Waals surface area contributed by atoms with Crippen LogP contribution in [0, 0.1) is 0 Å². The summed E-state index contributed by atoms with van der Waals surface area (Å²) in [4.78, 5) is 0. The van der Waals surface area contributed by atoms with E-state index < -0.39 is 0 Å². The first kappa shape index (κ1) is 14.9. The van der Waals surface area contributed by atoms with Crippen molar-refractivity contribution in [2.45, 2.75) is 31.1 Å². The summed E-state index contributed by atoms with van der Waals surface area (Å²) < 4.78 is 2.28. The molecule has 3 nitrogen and oxygen atoms in total. The minimum atomic E-state index is -0.0476. The van der Waals surface area contributed by atoms with Crippen LogP contribution in [0.25, 0.3) is 17.1 Å². The molecule has 2 aromatic carbocycles. The molecule has 2 aliphatic rings. The predicted molar refractivity (Wildman–Crippen MR) is 100 cm³/mol. The van der Waals surface area contributed by atoms with Crippen LogP contribution in [0.3, 0.4) is 0 Å². The van der Waals surface area contributed by atoms with Crippen molar-refractivity contribution < 1.29 is 0 Å². The molecule has 25 heavy (non-hydrogen) atoms. The van der Waals surface area contributed by atoms with Gasteiger partial charge < -0.3 is 0 Å². The maximum absolute atomic E-state index is 6.10. The number of rotatable bonds is 4. The third kappa shape index (κ3) is 2.34. The Morgan fingerprint density at radius 1 is 0.920 bits per heavy atom. The fraction of sp³-hybridized carbons (Fsp3) is 0.238. The summed E-state index contributed by atoms with van der Waals surface area (Å²) >= 11 is 6.10. The summed E-state index contributed by atoms with van der Waals surface area (Å²) in [6.07, 6.45) is 6.69. The first-order chi connectivity index (χ1) is 12.3. The Bertz CT molecular complexity index is 951. The third-order valence-electron chi connectivity index (χ3n) is 5.40. The summed E-state index contributed by atoms with van der Waals surface area (Å²) in [6, 6.07) is 18.6. The summed E-state index contributed by atoms with van der Waals surface area (Å²) in [7, 11) is 0. The topological polar surface area (TPSA) is 30.7 Å². The molecule has 3 aromatic rings. The van der Waals surface area contributed by atoms with Crippen molar-refractivity contribution in [3.05, 3.63) is 77.1 Å². The van der Waals surface area contributed by atoms with Gasteiger partial charge in [-0.05, 0) is 30.5 Å². The molecule has 124 valence electrons. The van der Waals surface area contributed by atoms with Crippen LogP contribution < -0.4 is 0 Å². The minimum Gasteiger partial charge on any atom is -0.282 e. The van der Waals surface area contributed by atoms with Gasteiger partial charge in [0.1, 0.15) is 5.82 Å². The summed E-state index contributed by atoms with van der Waals surface area (Å²) in [6.45, 7) is 0. The summed E-state index contributed by atoms with van der Waals surface area (Å²) in [5, 5.41) is 10.0. The van der Waals surface area contributed by atoms with Crippen LogP contribution in [0.1, 0.15) is 37.1 Å². The lowest BCUT2D eigenvalue weighted by atomic mass is 9.64. The standard InChI is InChI=1S/C21H18ClN3/c22-17-9-7-16(8-10-17)21(13-4-14-21)20-24-23-19(25(20)18-11-12-18)15-5-2-1-3-6-15/h1-3,5-11H,4,12-14H2. The monoisotopic (exact) mass is 347 g/mol. The van der Waals surface area contributed by atoms with E-state index in [0.29, 0.717) is 0 Å². The Kier molecular flexibility index (Phi) is 3.32. The second-order valence-corrected chi connectivity index (χ2v) is 7.33. The van der Waals surface area contributed by atoms with Gasteiger partial charge in [0.05, 0.1) is 5.41 Å². The Labute approximate surface area is 152 Å². The van der Waals surface area contributed by atoms with E-state index in [-0.39, 0.29) is 5.41 Å². The van der Waals surface area contributed by atoms with Gasteiger partial charge >= 0.3 is 0 Å². The molecule has 1 saturated carbocycles. The number of benzene rings is 2. The summed E-state index contributed by atoms with van der Waals surface area (Å²) in [5.74, 6) is 2.02. The molecule has 0 aliphatic heterocycles. The Morgan fingerprint density at radius 2 is 1.64 bits per heavy atom. The zero-order valence-corrected chi connectivity index (χ0v) is 14.6. The molecule has 0 spiro atoms. The molecule has 1 fully saturated rings. The zero-order valence-electron chi connectivity index (χ0n) is 13.8. The second kappa shape index (κ2) is 5.57. The van der Waals surface area contributed by atoms with Gasteiger partial charge in [-0.15, -0.1) is 10.2 Å². The van der Waals surface area contributed by atoms with E-state index in [1.807, 2.05) is 30.3 Å². The summed E-state index contributed by atoms with van der Waals surface area (Å²) in [5.41, 5.74) is 3.66. The third-order valence-corrected chi connectivity index (χ3v) is 5.65. The SMILES string of the molecule is Clc1ccc(C2(c3nnc(-c4ccccc4)n3C3=CC3)CCC2)cc1. The predicted octanol–water partition coefficient (Wildman–Crippen LogP) is 5.31. The highest BCUT2D eigenvalue weighted by atomic mass is 35.5. The van der Waals surface area contributed by atoms with Crippen molar-refractivity contribution in [2.75, 3.05) is 0 Å². The molecule has 0 bridgehead atoms. The van der Waals surface area contributed by atoms with E-state index in [0.717, 1.165) is 41.5 Å². The van der Waals surface area contributed by atoms with Crippen LogP contribution in [-0.2, 0) is 5.41 Å². The van der Waals surface area contributed by atoms with Gasteiger partial charge in [0.15, 0.2) is 5.82 Å². The van der Waals surface area contributed by atoms with Crippen LogP contribution in [-0.4, -0.2) is 14.8 Å². The van der Waals surface area contributed by atoms with E-state index in [4.69, 9.17) is 11.6 Å². The van der Waals surface area contributed by atoms with Crippen LogP contribution in [0.2, 0.25) is 5.02 Å². The van der Waals surface area contributed by atoms with E-state index in [9.17, 15) is 0 Å². The van der Waals surface area contributed by atoms with Crippen LogP contribution in [0.15, 0.2) is 60.7 Å². The minimum absolute atomic E-state index is 0.0476. The van der Waals surface area contributed by atoms with Gasteiger partial charge in [0, 0.05) is 22.7 Å². The fourth-order valence-electron chi connectivity index (χ4n) is 3.81. The molecule has 1 heterocycles.